The highest BCUT2D eigenvalue weighted by Gasteiger charge is 2.38. The Morgan fingerprint density at radius 2 is 1.91 bits per heavy atom. The maximum Gasteiger partial charge on any atom is 0.267 e. The summed E-state index contributed by atoms with van der Waals surface area (Å²) < 4.78 is 2.10. The van der Waals surface area contributed by atoms with Crippen molar-refractivity contribution in [1.29, 1.82) is 0 Å². The number of aliphatic hydroxyl groups is 1. The van der Waals surface area contributed by atoms with Gasteiger partial charge in [0, 0.05) is 45.0 Å². The lowest BCUT2D eigenvalue weighted by Crippen LogP contribution is -2.48. The molecule has 5 rings (SSSR count). The normalized spacial score (nSPS) is 21.8. The first-order valence-corrected chi connectivity index (χ1v) is 12.7. The van der Waals surface area contributed by atoms with Gasteiger partial charge in [-0.15, -0.1) is 0 Å². The number of pyridine rings is 1. The molecule has 33 heavy (non-hydrogen) atoms. The zero-order valence-electron chi connectivity index (χ0n) is 18.4. The number of thioether (sulfide) groups is 1. The van der Waals surface area contributed by atoms with Gasteiger partial charge in [-0.1, -0.05) is 42.9 Å². The number of carbonyl (C=O) groups excluding carboxylic acids is 1. The summed E-state index contributed by atoms with van der Waals surface area (Å²) in [7, 11) is 0. The van der Waals surface area contributed by atoms with E-state index in [1.165, 1.54) is 16.2 Å². The second-order valence-electron chi connectivity index (χ2n) is 8.63. The Balaban J connectivity index is 1.54. The molecule has 174 valence electrons. The van der Waals surface area contributed by atoms with Crippen molar-refractivity contribution in [3.8, 4) is 0 Å². The number of aromatic nitrogens is 2. The summed E-state index contributed by atoms with van der Waals surface area (Å²) in [4.78, 5) is 38.1. The van der Waals surface area contributed by atoms with Crippen LogP contribution < -0.4 is 10.5 Å². The first-order chi connectivity index (χ1) is 16.1. The van der Waals surface area contributed by atoms with Crippen molar-refractivity contribution >= 4 is 51.7 Å². The highest BCUT2D eigenvalue weighted by Crippen LogP contribution is 2.38. The number of nitrogens with zero attached hydrogens (tertiary/aromatic N) is 5. The zero-order valence-corrected chi connectivity index (χ0v) is 20.0. The Morgan fingerprint density at radius 1 is 1.15 bits per heavy atom. The number of carbonyl (C=O) groups is 1. The minimum absolute atomic E-state index is 0.104. The molecule has 0 radical (unpaired) electrons. The van der Waals surface area contributed by atoms with Crippen LogP contribution in [0.15, 0.2) is 34.1 Å². The third-order valence-corrected chi connectivity index (χ3v) is 7.96. The van der Waals surface area contributed by atoms with Crippen molar-refractivity contribution in [2.24, 2.45) is 0 Å². The minimum atomic E-state index is -0.195. The molecule has 1 saturated carbocycles. The van der Waals surface area contributed by atoms with E-state index in [0.29, 0.717) is 45.9 Å². The van der Waals surface area contributed by atoms with E-state index >= 15 is 0 Å². The van der Waals surface area contributed by atoms with Crippen molar-refractivity contribution in [3.63, 3.8) is 0 Å². The van der Waals surface area contributed by atoms with Crippen molar-refractivity contribution in [2.75, 3.05) is 44.2 Å². The molecule has 0 aromatic carbocycles. The lowest BCUT2D eigenvalue weighted by Gasteiger charge is -2.35. The highest BCUT2D eigenvalue weighted by atomic mass is 32.2. The second-order valence-corrected chi connectivity index (χ2v) is 10.3. The van der Waals surface area contributed by atoms with Crippen LogP contribution in [-0.2, 0) is 4.79 Å². The Kier molecular flexibility index (Phi) is 6.51. The van der Waals surface area contributed by atoms with Crippen LogP contribution in [0.25, 0.3) is 11.7 Å². The maximum atomic E-state index is 13.5. The van der Waals surface area contributed by atoms with Gasteiger partial charge in [-0.05, 0) is 31.1 Å². The highest BCUT2D eigenvalue weighted by molar-refractivity contribution is 8.26. The summed E-state index contributed by atoms with van der Waals surface area (Å²) >= 11 is 6.82. The summed E-state index contributed by atoms with van der Waals surface area (Å²) in [6.45, 7) is 3.71. The number of hydrogen-bond acceptors (Lipinski definition) is 8. The number of aliphatic hydroxyl groups excluding tert-OH is 1. The number of β-amino-alcohol motifs (C(OH)–C–C–N with tert-alkyl or cyclic N) is 1. The van der Waals surface area contributed by atoms with Crippen LogP contribution in [0.2, 0.25) is 0 Å². The molecular formula is C23H27N5O3S2. The Hall–Kier alpha value is -2.27. The molecule has 2 saturated heterocycles. The van der Waals surface area contributed by atoms with E-state index in [2.05, 4.69) is 9.80 Å². The molecule has 2 aromatic heterocycles. The van der Waals surface area contributed by atoms with Gasteiger partial charge in [-0.2, -0.15) is 0 Å². The van der Waals surface area contributed by atoms with Crippen LogP contribution >= 0.6 is 24.0 Å². The third kappa shape index (κ3) is 4.32. The summed E-state index contributed by atoms with van der Waals surface area (Å²) in [5.41, 5.74) is 0.798. The van der Waals surface area contributed by atoms with E-state index in [4.69, 9.17) is 17.2 Å². The lowest BCUT2D eigenvalue weighted by molar-refractivity contribution is -0.123. The SMILES string of the molecule is O=C1C(=Cc2c(N3CCN(CCO)CC3)nc3ccccn3c2=O)SC(=S)N1C1CCCC1. The average Bonchev–Trinajstić information content (AvgIpc) is 3.44. The number of hydrogen-bond donors (Lipinski definition) is 1. The van der Waals surface area contributed by atoms with Crippen molar-refractivity contribution in [3.05, 3.63) is 45.2 Å². The van der Waals surface area contributed by atoms with Gasteiger partial charge in [-0.3, -0.25) is 23.8 Å². The molecule has 8 nitrogen and oxygen atoms in total. The average molecular weight is 486 g/mol. The van der Waals surface area contributed by atoms with Crippen molar-refractivity contribution in [2.45, 2.75) is 31.7 Å². The minimum Gasteiger partial charge on any atom is -0.395 e. The van der Waals surface area contributed by atoms with E-state index in [1.54, 1.807) is 23.2 Å². The summed E-state index contributed by atoms with van der Waals surface area (Å²) in [5.74, 6) is 0.495. The van der Waals surface area contributed by atoms with Crippen LogP contribution in [0.4, 0.5) is 5.82 Å². The lowest BCUT2D eigenvalue weighted by atomic mass is 10.2. The Bertz CT molecular complexity index is 1170. The van der Waals surface area contributed by atoms with E-state index < -0.39 is 0 Å². The predicted molar refractivity (Wildman–Crippen MR) is 134 cm³/mol. The van der Waals surface area contributed by atoms with Gasteiger partial charge in [0.15, 0.2) is 0 Å². The second kappa shape index (κ2) is 9.54. The Labute approximate surface area is 201 Å². The van der Waals surface area contributed by atoms with E-state index in [1.807, 2.05) is 12.1 Å². The predicted octanol–water partition coefficient (Wildman–Crippen LogP) is 1.95. The number of amides is 1. The first kappa shape index (κ1) is 22.5. The van der Waals surface area contributed by atoms with Gasteiger partial charge < -0.3 is 10.0 Å². The van der Waals surface area contributed by atoms with Crippen LogP contribution in [0, 0.1) is 0 Å². The number of piperazine rings is 1. The van der Waals surface area contributed by atoms with E-state index in [0.717, 1.165) is 38.8 Å². The van der Waals surface area contributed by atoms with Gasteiger partial charge in [0.2, 0.25) is 0 Å². The molecule has 0 atom stereocenters. The van der Waals surface area contributed by atoms with Gasteiger partial charge in [0.1, 0.15) is 15.8 Å². The van der Waals surface area contributed by atoms with Gasteiger partial charge in [0.25, 0.3) is 11.5 Å². The van der Waals surface area contributed by atoms with Crippen LogP contribution in [0.5, 0.6) is 0 Å². The fourth-order valence-electron chi connectivity index (χ4n) is 4.87. The molecule has 0 bridgehead atoms. The number of rotatable bonds is 5. The molecular weight excluding hydrogens is 458 g/mol. The van der Waals surface area contributed by atoms with Crippen molar-refractivity contribution < 1.29 is 9.90 Å². The van der Waals surface area contributed by atoms with E-state index in [9.17, 15) is 14.7 Å². The molecule has 10 heteroatoms. The zero-order chi connectivity index (χ0) is 22.9. The van der Waals surface area contributed by atoms with Gasteiger partial charge >= 0.3 is 0 Å². The molecule has 4 heterocycles. The molecule has 1 aliphatic carbocycles. The molecule has 0 unspecified atom stereocenters. The van der Waals surface area contributed by atoms with Crippen LogP contribution in [0.3, 0.4) is 0 Å². The standard InChI is InChI=1S/C23H27N5O3S2/c29-14-13-25-9-11-26(12-10-25)20-17(21(30)27-8-4-3-7-19(27)24-20)15-18-22(31)28(23(32)33-18)16-5-1-2-6-16/h3-4,7-8,15-16,29H,1-2,5-6,9-14H2. The summed E-state index contributed by atoms with van der Waals surface area (Å²) in [6.07, 6.45) is 7.58. The molecule has 2 aromatic rings. The van der Waals surface area contributed by atoms with Crippen LogP contribution in [-0.4, -0.2) is 79.9 Å². The summed E-state index contributed by atoms with van der Waals surface area (Å²) in [6, 6.07) is 5.64. The largest absolute Gasteiger partial charge is 0.395 e. The third-order valence-electron chi connectivity index (χ3n) is 6.63. The molecule has 3 aliphatic rings. The molecule has 1 amide bonds. The smallest absolute Gasteiger partial charge is 0.267 e. The summed E-state index contributed by atoms with van der Waals surface area (Å²) in [5, 5.41) is 9.24. The van der Waals surface area contributed by atoms with Gasteiger partial charge in [-0.25, -0.2) is 4.98 Å². The fraction of sp³-hybridized carbons (Fsp3) is 0.478. The molecule has 3 fully saturated rings. The van der Waals surface area contributed by atoms with E-state index in [-0.39, 0.29) is 24.1 Å². The quantitative estimate of drug-likeness (QED) is 0.509. The topological polar surface area (TPSA) is 81.4 Å². The molecule has 1 N–H and O–H groups in total. The Morgan fingerprint density at radius 3 is 2.64 bits per heavy atom. The number of anilines is 1. The first-order valence-electron chi connectivity index (χ1n) is 11.4. The maximum absolute atomic E-state index is 13.5. The van der Waals surface area contributed by atoms with Gasteiger partial charge in [0.05, 0.1) is 17.1 Å². The fourth-order valence-corrected chi connectivity index (χ4v) is 6.25. The number of fused-ring (bicyclic) bond motifs is 1. The van der Waals surface area contributed by atoms with Crippen molar-refractivity contribution in [1.82, 2.24) is 19.2 Å². The number of thiocarbonyl (C=S) groups is 1. The molecule has 0 spiro atoms. The van der Waals surface area contributed by atoms with Crippen LogP contribution in [0.1, 0.15) is 31.2 Å². The monoisotopic (exact) mass is 485 g/mol. The molecule has 2 aliphatic heterocycles.